The Kier molecular flexibility index (Phi) is 4.33. The van der Waals surface area contributed by atoms with Crippen molar-refractivity contribution in [1.29, 1.82) is 0 Å². The average Bonchev–Trinajstić information content (AvgIpc) is 2.62. The molecule has 0 aliphatic carbocycles. The third-order valence-corrected chi connectivity index (χ3v) is 4.93. The van der Waals surface area contributed by atoms with Crippen LogP contribution in [0.5, 0.6) is 11.5 Å². The highest BCUT2D eigenvalue weighted by Gasteiger charge is 2.25. The Bertz CT molecular complexity index is 882. The summed E-state index contributed by atoms with van der Waals surface area (Å²) >= 11 is 0. The second-order valence-electron chi connectivity index (χ2n) is 6.85. The number of benzene rings is 3. The standard InChI is InChI=1S/C22H23NO2/c1-15-5-4-8-18(11-15)25-19-9-10-21(23-14-19)20-12-16-6-2-3-7-17(16)13-22(20)24/h2-8,11-13,19,21,23-24H,9-10,14H2,1H3. The number of aryl methyl sites for hydroxylation is 1. The summed E-state index contributed by atoms with van der Waals surface area (Å²) in [6, 6.07) is 20.4. The van der Waals surface area contributed by atoms with E-state index >= 15 is 0 Å². The van der Waals surface area contributed by atoms with Crippen molar-refractivity contribution in [2.24, 2.45) is 0 Å². The number of rotatable bonds is 3. The first-order valence-electron chi connectivity index (χ1n) is 8.87. The van der Waals surface area contributed by atoms with E-state index in [2.05, 4.69) is 36.5 Å². The van der Waals surface area contributed by atoms with Crippen molar-refractivity contribution in [1.82, 2.24) is 5.32 Å². The maximum Gasteiger partial charge on any atom is 0.120 e. The Hall–Kier alpha value is -2.52. The van der Waals surface area contributed by atoms with Gasteiger partial charge in [-0.25, -0.2) is 0 Å². The molecule has 3 aromatic rings. The van der Waals surface area contributed by atoms with Gasteiger partial charge < -0.3 is 15.2 Å². The number of piperidine rings is 1. The molecular weight excluding hydrogens is 310 g/mol. The summed E-state index contributed by atoms with van der Waals surface area (Å²) in [7, 11) is 0. The van der Waals surface area contributed by atoms with Crippen molar-refractivity contribution >= 4 is 10.8 Å². The second-order valence-corrected chi connectivity index (χ2v) is 6.85. The van der Waals surface area contributed by atoms with Crippen LogP contribution in [-0.4, -0.2) is 17.8 Å². The highest BCUT2D eigenvalue weighted by Crippen LogP contribution is 2.34. The molecule has 1 heterocycles. The Balaban J connectivity index is 1.46. The molecule has 4 rings (SSSR count). The molecule has 0 aromatic heterocycles. The van der Waals surface area contributed by atoms with E-state index in [1.807, 2.05) is 36.4 Å². The fraction of sp³-hybridized carbons (Fsp3) is 0.273. The lowest BCUT2D eigenvalue weighted by molar-refractivity contribution is 0.149. The highest BCUT2D eigenvalue weighted by atomic mass is 16.5. The maximum absolute atomic E-state index is 10.4. The minimum atomic E-state index is 0.167. The van der Waals surface area contributed by atoms with Crippen molar-refractivity contribution < 1.29 is 9.84 Å². The van der Waals surface area contributed by atoms with E-state index in [0.717, 1.165) is 41.5 Å². The molecule has 1 aliphatic heterocycles. The number of aromatic hydroxyl groups is 1. The molecule has 1 aliphatic rings. The summed E-state index contributed by atoms with van der Waals surface area (Å²) < 4.78 is 6.10. The van der Waals surface area contributed by atoms with Crippen LogP contribution < -0.4 is 10.1 Å². The number of fused-ring (bicyclic) bond motifs is 1. The molecule has 3 aromatic carbocycles. The monoisotopic (exact) mass is 333 g/mol. The molecule has 0 spiro atoms. The van der Waals surface area contributed by atoms with Crippen molar-refractivity contribution in [2.75, 3.05) is 6.54 Å². The van der Waals surface area contributed by atoms with Gasteiger partial charge in [-0.15, -0.1) is 0 Å². The lowest BCUT2D eigenvalue weighted by Gasteiger charge is -2.31. The van der Waals surface area contributed by atoms with Gasteiger partial charge in [0.1, 0.15) is 17.6 Å². The first kappa shape index (κ1) is 16.0. The van der Waals surface area contributed by atoms with Crippen LogP contribution in [0.2, 0.25) is 0 Å². The van der Waals surface area contributed by atoms with Crippen LogP contribution in [0.4, 0.5) is 0 Å². The molecule has 2 unspecified atom stereocenters. The van der Waals surface area contributed by atoms with E-state index in [9.17, 15) is 5.11 Å². The maximum atomic E-state index is 10.4. The van der Waals surface area contributed by atoms with E-state index in [0.29, 0.717) is 5.75 Å². The van der Waals surface area contributed by atoms with Gasteiger partial charge in [0.2, 0.25) is 0 Å². The molecule has 1 saturated heterocycles. The van der Waals surface area contributed by atoms with E-state index in [-0.39, 0.29) is 12.1 Å². The molecule has 1 fully saturated rings. The van der Waals surface area contributed by atoms with Crippen molar-refractivity contribution in [3.8, 4) is 11.5 Å². The summed E-state index contributed by atoms with van der Waals surface area (Å²) in [6.07, 6.45) is 2.08. The number of nitrogens with one attached hydrogen (secondary N) is 1. The summed E-state index contributed by atoms with van der Waals surface area (Å²) in [5.41, 5.74) is 2.19. The topological polar surface area (TPSA) is 41.5 Å². The van der Waals surface area contributed by atoms with E-state index in [4.69, 9.17) is 4.74 Å². The lowest BCUT2D eigenvalue weighted by atomic mass is 9.93. The van der Waals surface area contributed by atoms with E-state index in [1.165, 1.54) is 5.56 Å². The average molecular weight is 333 g/mol. The third kappa shape index (κ3) is 3.47. The Morgan fingerprint density at radius 3 is 2.48 bits per heavy atom. The van der Waals surface area contributed by atoms with Gasteiger partial charge in [-0.05, 0) is 60.4 Å². The summed E-state index contributed by atoms with van der Waals surface area (Å²) in [5.74, 6) is 1.30. The Labute approximate surface area is 148 Å². The number of hydrogen-bond donors (Lipinski definition) is 2. The number of ether oxygens (including phenoxy) is 1. The van der Waals surface area contributed by atoms with Gasteiger partial charge >= 0.3 is 0 Å². The second kappa shape index (κ2) is 6.77. The molecule has 0 radical (unpaired) electrons. The predicted octanol–water partition coefficient (Wildman–Crippen LogP) is 4.73. The number of hydrogen-bond acceptors (Lipinski definition) is 3. The molecule has 0 bridgehead atoms. The molecule has 3 heteroatoms. The van der Waals surface area contributed by atoms with Crippen molar-refractivity contribution in [3.63, 3.8) is 0 Å². The smallest absolute Gasteiger partial charge is 0.120 e. The van der Waals surface area contributed by atoms with Crippen molar-refractivity contribution in [2.45, 2.75) is 31.9 Å². The Morgan fingerprint density at radius 2 is 1.76 bits per heavy atom. The largest absolute Gasteiger partial charge is 0.508 e. The van der Waals surface area contributed by atoms with E-state index < -0.39 is 0 Å². The lowest BCUT2D eigenvalue weighted by Crippen LogP contribution is -2.39. The summed E-state index contributed by atoms with van der Waals surface area (Å²) in [6.45, 7) is 2.86. The van der Waals surface area contributed by atoms with Gasteiger partial charge in [-0.3, -0.25) is 0 Å². The zero-order chi connectivity index (χ0) is 17.2. The summed E-state index contributed by atoms with van der Waals surface area (Å²) in [5, 5.41) is 16.2. The van der Waals surface area contributed by atoms with Crippen LogP contribution in [-0.2, 0) is 0 Å². The first-order chi connectivity index (χ1) is 12.2. The molecular formula is C22H23NO2. The SMILES string of the molecule is Cc1cccc(OC2CCC(c3cc4ccccc4cc3O)NC2)c1. The fourth-order valence-corrected chi connectivity index (χ4v) is 3.60. The zero-order valence-corrected chi connectivity index (χ0v) is 14.4. The predicted molar refractivity (Wildman–Crippen MR) is 101 cm³/mol. The van der Waals surface area contributed by atoms with Gasteiger partial charge in [-0.1, -0.05) is 36.4 Å². The van der Waals surface area contributed by atoms with Crippen LogP contribution in [0.25, 0.3) is 10.8 Å². The minimum absolute atomic E-state index is 0.167. The van der Waals surface area contributed by atoms with Gasteiger partial charge in [-0.2, -0.15) is 0 Å². The zero-order valence-electron chi connectivity index (χ0n) is 14.4. The van der Waals surface area contributed by atoms with Gasteiger partial charge in [0.05, 0.1) is 0 Å². The molecule has 25 heavy (non-hydrogen) atoms. The van der Waals surface area contributed by atoms with Crippen LogP contribution >= 0.6 is 0 Å². The van der Waals surface area contributed by atoms with Crippen LogP contribution in [0, 0.1) is 6.92 Å². The molecule has 0 saturated carbocycles. The highest BCUT2D eigenvalue weighted by molar-refractivity contribution is 5.85. The Morgan fingerprint density at radius 1 is 0.960 bits per heavy atom. The van der Waals surface area contributed by atoms with Crippen LogP contribution in [0.1, 0.15) is 30.0 Å². The number of phenols is 1. The van der Waals surface area contributed by atoms with Crippen LogP contribution in [0.3, 0.4) is 0 Å². The van der Waals surface area contributed by atoms with Gasteiger partial charge in [0.15, 0.2) is 0 Å². The minimum Gasteiger partial charge on any atom is -0.508 e. The normalized spacial score (nSPS) is 20.5. The van der Waals surface area contributed by atoms with E-state index in [1.54, 1.807) is 0 Å². The van der Waals surface area contributed by atoms with Crippen LogP contribution in [0.15, 0.2) is 60.7 Å². The first-order valence-corrected chi connectivity index (χ1v) is 8.87. The molecule has 3 nitrogen and oxygen atoms in total. The molecule has 2 N–H and O–H groups in total. The van der Waals surface area contributed by atoms with Gasteiger partial charge in [0.25, 0.3) is 0 Å². The molecule has 2 atom stereocenters. The fourth-order valence-electron chi connectivity index (χ4n) is 3.60. The molecule has 0 amide bonds. The summed E-state index contributed by atoms with van der Waals surface area (Å²) in [4.78, 5) is 0. The van der Waals surface area contributed by atoms with Gasteiger partial charge in [0, 0.05) is 18.2 Å². The quantitative estimate of drug-likeness (QED) is 0.728. The third-order valence-electron chi connectivity index (χ3n) is 4.93. The van der Waals surface area contributed by atoms with Crippen molar-refractivity contribution in [3.05, 3.63) is 71.8 Å². The number of phenolic OH excluding ortho intramolecular Hbond substituents is 1. The molecule has 128 valence electrons.